The number of nitrogens with two attached hydrogens (primary N) is 1. The average Bonchev–Trinajstić information content (AvgIpc) is 2.35. The molecule has 1 aliphatic rings. The van der Waals surface area contributed by atoms with Gasteiger partial charge in [-0.2, -0.15) is 4.98 Å². The molecule has 1 heterocycles. The second-order valence-electron chi connectivity index (χ2n) is 6.12. The zero-order chi connectivity index (χ0) is 14.9. The molecule has 2 N–H and O–H groups in total. The van der Waals surface area contributed by atoms with E-state index in [0.29, 0.717) is 17.8 Å². The van der Waals surface area contributed by atoms with E-state index in [0.717, 1.165) is 25.3 Å². The van der Waals surface area contributed by atoms with E-state index in [9.17, 15) is 8.78 Å². The number of hydrogen-bond acceptors (Lipinski definition) is 3. The van der Waals surface area contributed by atoms with Gasteiger partial charge >= 0.3 is 0 Å². The lowest BCUT2D eigenvalue weighted by molar-refractivity contribution is 0.0395. The van der Waals surface area contributed by atoms with Crippen LogP contribution >= 0.6 is 0 Å². The summed E-state index contributed by atoms with van der Waals surface area (Å²) < 4.78 is 32.6. The molecule has 1 saturated carbocycles. The van der Waals surface area contributed by atoms with Crippen LogP contribution in [0.25, 0.3) is 0 Å². The Morgan fingerprint density at radius 3 is 2.65 bits per heavy atom. The van der Waals surface area contributed by atoms with Crippen LogP contribution in [0.4, 0.5) is 14.6 Å². The molecule has 3 unspecified atom stereocenters. The average molecular weight is 284 g/mol. The summed E-state index contributed by atoms with van der Waals surface area (Å²) in [5, 5.41) is 0. The lowest BCUT2D eigenvalue weighted by Gasteiger charge is -2.37. The number of halogens is 2. The first-order chi connectivity index (χ1) is 9.38. The molecule has 3 nitrogen and oxygen atoms in total. The maximum Gasteiger partial charge on any atom is 0.252 e. The van der Waals surface area contributed by atoms with Gasteiger partial charge in [0.25, 0.3) is 5.88 Å². The summed E-state index contributed by atoms with van der Waals surface area (Å²) in [4.78, 5) is 3.69. The predicted octanol–water partition coefficient (Wildman–Crippen LogP) is 3.78. The van der Waals surface area contributed by atoms with Crippen LogP contribution in [0.1, 0.15) is 40.0 Å². The minimum atomic E-state index is -0.854. The first-order valence-electron chi connectivity index (χ1n) is 7.16. The first-order valence-corrected chi connectivity index (χ1v) is 7.16. The van der Waals surface area contributed by atoms with Gasteiger partial charge in [-0.1, -0.05) is 27.2 Å². The molecule has 112 valence electrons. The Morgan fingerprint density at radius 1 is 1.30 bits per heavy atom. The van der Waals surface area contributed by atoms with E-state index in [4.69, 9.17) is 10.5 Å². The third kappa shape index (κ3) is 3.19. The van der Waals surface area contributed by atoms with Gasteiger partial charge in [0.2, 0.25) is 0 Å². The molecule has 20 heavy (non-hydrogen) atoms. The highest BCUT2D eigenvalue weighted by molar-refractivity contribution is 5.34. The van der Waals surface area contributed by atoms with Crippen LogP contribution in [0.2, 0.25) is 0 Å². The standard InChI is InChI=1S/C15H22F2N2O/c1-8(2)10-5-4-9(3)6-13(10)20-15-12(17)7-11(16)14(18)19-15/h7-10,13H,4-6H2,1-3H3,(H2,18,19). The van der Waals surface area contributed by atoms with E-state index in [1.54, 1.807) is 0 Å². The maximum absolute atomic E-state index is 13.7. The van der Waals surface area contributed by atoms with Crippen LogP contribution in [0, 0.1) is 29.4 Å². The molecule has 0 spiro atoms. The molecule has 1 fully saturated rings. The van der Waals surface area contributed by atoms with Crippen LogP contribution in [0.5, 0.6) is 5.88 Å². The molecule has 0 aromatic carbocycles. The summed E-state index contributed by atoms with van der Waals surface area (Å²) in [6.07, 6.45) is 2.98. The SMILES string of the molecule is CC1CCC(C(C)C)C(Oc2nc(N)c(F)cc2F)C1. The molecule has 3 atom stereocenters. The van der Waals surface area contributed by atoms with Crippen molar-refractivity contribution in [2.75, 3.05) is 5.73 Å². The minimum Gasteiger partial charge on any atom is -0.472 e. The third-order valence-electron chi connectivity index (χ3n) is 4.15. The van der Waals surface area contributed by atoms with E-state index >= 15 is 0 Å². The van der Waals surface area contributed by atoms with Gasteiger partial charge in [0.1, 0.15) is 6.10 Å². The number of nitrogen functional groups attached to an aromatic ring is 1. The second kappa shape index (κ2) is 5.94. The molecule has 5 heteroatoms. The highest BCUT2D eigenvalue weighted by atomic mass is 19.1. The molecular weight excluding hydrogens is 262 g/mol. The smallest absolute Gasteiger partial charge is 0.252 e. The number of hydrogen-bond donors (Lipinski definition) is 1. The lowest BCUT2D eigenvalue weighted by Crippen LogP contribution is -2.36. The van der Waals surface area contributed by atoms with E-state index in [-0.39, 0.29) is 17.8 Å². The number of aromatic nitrogens is 1. The predicted molar refractivity (Wildman–Crippen MR) is 74.3 cm³/mol. The van der Waals surface area contributed by atoms with Crippen LogP contribution < -0.4 is 10.5 Å². The molecule has 0 aliphatic heterocycles. The Bertz CT molecular complexity index is 479. The molecule has 2 rings (SSSR count). The summed E-state index contributed by atoms with van der Waals surface area (Å²) in [5.41, 5.74) is 5.38. The lowest BCUT2D eigenvalue weighted by atomic mass is 9.75. The molecule has 0 bridgehead atoms. The summed E-state index contributed by atoms with van der Waals surface area (Å²) in [7, 11) is 0. The summed E-state index contributed by atoms with van der Waals surface area (Å²) >= 11 is 0. The third-order valence-corrected chi connectivity index (χ3v) is 4.15. The van der Waals surface area contributed by atoms with Crippen LogP contribution in [-0.4, -0.2) is 11.1 Å². The van der Waals surface area contributed by atoms with Gasteiger partial charge in [-0.15, -0.1) is 0 Å². The Hall–Kier alpha value is -1.39. The Kier molecular flexibility index (Phi) is 4.45. The molecule has 1 aliphatic carbocycles. The van der Waals surface area contributed by atoms with E-state index in [1.165, 1.54) is 0 Å². The topological polar surface area (TPSA) is 48.1 Å². The van der Waals surface area contributed by atoms with Crippen LogP contribution in [0.15, 0.2) is 6.07 Å². The molecule has 1 aromatic rings. The van der Waals surface area contributed by atoms with Crippen molar-refractivity contribution >= 4 is 5.82 Å². The fourth-order valence-corrected chi connectivity index (χ4v) is 2.94. The van der Waals surface area contributed by atoms with Gasteiger partial charge in [-0.25, -0.2) is 8.78 Å². The van der Waals surface area contributed by atoms with Gasteiger partial charge in [0.15, 0.2) is 17.5 Å². The van der Waals surface area contributed by atoms with Crippen molar-refractivity contribution in [3.05, 3.63) is 17.7 Å². The summed E-state index contributed by atoms with van der Waals surface area (Å²) in [6, 6.07) is 0.730. The fourth-order valence-electron chi connectivity index (χ4n) is 2.94. The summed E-state index contributed by atoms with van der Waals surface area (Å²) in [5.74, 6) is -0.812. The van der Waals surface area contributed by atoms with E-state index in [1.807, 2.05) is 0 Å². The van der Waals surface area contributed by atoms with E-state index in [2.05, 4.69) is 25.8 Å². The molecule has 0 saturated heterocycles. The number of pyridine rings is 1. The minimum absolute atomic E-state index is 0.0920. The van der Waals surface area contributed by atoms with Crippen molar-refractivity contribution in [1.29, 1.82) is 0 Å². The number of rotatable bonds is 3. The molecule has 1 aromatic heterocycles. The first kappa shape index (κ1) is 15.0. The van der Waals surface area contributed by atoms with Crippen LogP contribution in [-0.2, 0) is 0 Å². The highest BCUT2D eigenvalue weighted by Crippen LogP contribution is 2.36. The van der Waals surface area contributed by atoms with Gasteiger partial charge < -0.3 is 10.5 Å². The van der Waals surface area contributed by atoms with E-state index < -0.39 is 11.6 Å². The van der Waals surface area contributed by atoms with Gasteiger partial charge in [-0.05, 0) is 30.6 Å². The quantitative estimate of drug-likeness (QED) is 0.918. The van der Waals surface area contributed by atoms with Gasteiger partial charge in [0.05, 0.1) is 0 Å². The number of ether oxygens (including phenoxy) is 1. The highest BCUT2D eigenvalue weighted by Gasteiger charge is 2.33. The zero-order valence-corrected chi connectivity index (χ0v) is 12.2. The molecule has 0 amide bonds. The second-order valence-corrected chi connectivity index (χ2v) is 6.12. The number of nitrogens with zero attached hydrogens (tertiary/aromatic N) is 1. The fraction of sp³-hybridized carbons (Fsp3) is 0.667. The van der Waals surface area contributed by atoms with Crippen molar-refractivity contribution in [2.45, 2.75) is 46.1 Å². The Morgan fingerprint density at radius 2 is 2.00 bits per heavy atom. The monoisotopic (exact) mass is 284 g/mol. The maximum atomic E-state index is 13.7. The number of anilines is 1. The zero-order valence-electron chi connectivity index (χ0n) is 12.2. The largest absolute Gasteiger partial charge is 0.472 e. The Labute approximate surface area is 118 Å². The van der Waals surface area contributed by atoms with Crippen molar-refractivity contribution < 1.29 is 13.5 Å². The Balaban J connectivity index is 2.20. The normalized spacial score (nSPS) is 26.8. The van der Waals surface area contributed by atoms with Crippen molar-refractivity contribution in [3.8, 4) is 5.88 Å². The summed E-state index contributed by atoms with van der Waals surface area (Å²) in [6.45, 7) is 6.44. The van der Waals surface area contributed by atoms with Crippen molar-refractivity contribution in [2.24, 2.45) is 17.8 Å². The van der Waals surface area contributed by atoms with Crippen LogP contribution in [0.3, 0.4) is 0 Å². The molecular formula is C15H22F2N2O. The molecule has 0 radical (unpaired) electrons. The van der Waals surface area contributed by atoms with Crippen molar-refractivity contribution in [3.63, 3.8) is 0 Å². The van der Waals surface area contributed by atoms with Gasteiger partial charge in [0, 0.05) is 6.07 Å². The van der Waals surface area contributed by atoms with Gasteiger partial charge in [-0.3, -0.25) is 0 Å². The van der Waals surface area contributed by atoms with Crippen molar-refractivity contribution in [1.82, 2.24) is 4.98 Å².